The summed E-state index contributed by atoms with van der Waals surface area (Å²) >= 11 is 18.1. The third kappa shape index (κ3) is 6.58. The van der Waals surface area contributed by atoms with Gasteiger partial charge in [0.25, 0.3) is 26.0 Å². The van der Waals surface area contributed by atoms with E-state index in [4.69, 9.17) is 34.8 Å². The first kappa shape index (κ1) is 27.7. The second-order valence-corrected chi connectivity index (χ2v) is 12.4. The number of sulfonamides is 2. The smallest absolute Gasteiger partial charge is 0.261 e. The largest absolute Gasteiger partial charge is 0.322 e. The summed E-state index contributed by atoms with van der Waals surface area (Å²) < 4.78 is 55.2. The van der Waals surface area contributed by atoms with Crippen LogP contribution in [0.3, 0.4) is 0 Å². The fourth-order valence-corrected chi connectivity index (χ4v) is 6.22. The molecule has 0 aliphatic carbocycles. The van der Waals surface area contributed by atoms with Crippen LogP contribution in [0.4, 0.5) is 17.1 Å². The molecule has 0 heterocycles. The second-order valence-electron chi connectivity index (χ2n) is 7.82. The van der Waals surface area contributed by atoms with E-state index in [2.05, 4.69) is 14.8 Å². The summed E-state index contributed by atoms with van der Waals surface area (Å²) in [6.07, 6.45) is 0. The number of rotatable bonds is 8. The molecular formula is C25H18Cl3N3O5S2. The minimum atomic E-state index is -3.96. The van der Waals surface area contributed by atoms with Gasteiger partial charge in [0.05, 0.1) is 31.2 Å². The molecule has 0 bridgehead atoms. The summed E-state index contributed by atoms with van der Waals surface area (Å²) in [7, 11) is -7.82. The Balaban J connectivity index is 1.44. The molecule has 4 aromatic rings. The van der Waals surface area contributed by atoms with Gasteiger partial charge in [-0.05, 0) is 72.8 Å². The molecule has 13 heteroatoms. The number of anilines is 3. The van der Waals surface area contributed by atoms with E-state index in [1.165, 1.54) is 72.8 Å². The van der Waals surface area contributed by atoms with Crippen molar-refractivity contribution in [1.29, 1.82) is 0 Å². The lowest BCUT2D eigenvalue weighted by atomic mass is 10.2. The van der Waals surface area contributed by atoms with E-state index in [-0.39, 0.29) is 36.8 Å². The van der Waals surface area contributed by atoms with Crippen LogP contribution >= 0.6 is 34.8 Å². The van der Waals surface area contributed by atoms with E-state index in [9.17, 15) is 21.6 Å². The molecule has 3 N–H and O–H groups in total. The van der Waals surface area contributed by atoms with Crippen molar-refractivity contribution in [2.45, 2.75) is 9.79 Å². The van der Waals surface area contributed by atoms with Crippen LogP contribution < -0.4 is 14.8 Å². The third-order valence-corrected chi connectivity index (χ3v) is 8.75. The maximum absolute atomic E-state index is 12.7. The van der Waals surface area contributed by atoms with Gasteiger partial charge in [-0.1, -0.05) is 53.0 Å². The lowest BCUT2D eigenvalue weighted by Gasteiger charge is -2.12. The lowest BCUT2D eigenvalue weighted by molar-refractivity contribution is 0.102. The molecular weight excluding hydrogens is 593 g/mol. The summed E-state index contributed by atoms with van der Waals surface area (Å²) in [6, 6.07) is 21.7. The third-order valence-electron chi connectivity index (χ3n) is 5.13. The highest BCUT2D eigenvalue weighted by atomic mass is 35.5. The standard InChI is InChI=1S/C25H18Cl3N3O5S2/c26-17-7-13-24(22(28)15-17)31-38(35,36)20-10-8-18(9-11-20)29-25(32)16-6-12-23(21(27)14-16)30-37(33,34)19-4-2-1-3-5-19/h1-15,30-31H,(H,29,32). The number of nitrogens with one attached hydrogen (secondary N) is 3. The molecule has 0 aromatic heterocycles. The Bertz CT molecular complexity index is 1720. The Morgan fingerprint density at radius 1 is 0.605 bits per heavy atom. The van der Waals surface area contributed by atoms with Crippen LogP contribution in [-0.4, -0.2) is 22.7 Å². The van der Waals surface area contributed by atoms with Gasteiger partial charge < -0.3 is 5.32 Å². The van der Waals surface area contributed by atoms with Crippen LogP contribution in [0.5, 0.6) is 0 Å². The first-order valence-corrected chi connectivity index (χ1v) is 14.8. The molecule has 0 fully saturated rings. The number of benzene rings is 4. The minimum absolute atomic E-state index is 0.0190. The molecule has 0 unspecified atom stereocenters. The highest BCUT2D eigenvalue weighted by Crippen LogP contribution is 2.29. The average molecular weight is 611 g/mol. The Morgan fingerprint density at radius 2 is 1.13 bits per heavy atom. The molecule has 0 radical (unpaired) electrons. The van der Waals surface area contributed by atoms with Crippen molar-refractivity contribution in [2.75, 3.05) is 14.8 Å². The van der Waals surface area contributed by atoms with Gasteiger partial charge in [-0.3, -0.25) is 14.2 Å². The van der Waals surface area contributed by atoms with E-state index in [1.807, 2.05) is 0 Å². The summed E-state index contributed by atoms with van der Waals surface area (Å²) in [5.74, 6) is -0.536. The number of hydrogen-bond donors (Lipinski definition) is 3. The first-order valence-electron chi connectivity index (χ1n) is 10.7. The molecule has 0 atom stereocenters. The predicted molar refractivity (Wildman–Crippen MR) is 150 cm³/mol. The summed E-state index contributed by atoms with van der Waals surface area (Å²) in [4.78, 5) is 12.7. The molecule has 8 nitrogen and oxygen atoms in total. The Kier molecular flexibility index (Phi) is 8.19. The monoisotopic (exact) mass is 609 g/mol. The van der Waals surface area contributed by atoms with Gasteiger partial charge in [0.15, 0.2) is 0 Å². The quantitative estimate of drug-likeness (QED) is 0.210. The van der Waals surface area contributed by atoms with E-state index < -0.39 is 26.0 Å². The molecule has 196 valence electrons. The van der Waals surface area contributed by atoms with Crippen molar-refractivity contribution in [2.24, 2.45) is 0 Å². The Labute approximate surface area is 234 Å². The van der Waals surface area contributed by atoms with Gasteiger partial charge in [0, 0.05) is 16.3 Å². The Morgan fingerprint density at radius 3 is 1.68 bits per heavy atom. The second kappa shape index (κ2) is 11.2. The lowest BCUT2D eigenvalue weighted by Crippen LogP contribution is -2.15. The highest BCUT2D eigenvalue weighted by molar-refractivity contribution is 7.93. The summed E-state index contributed by atoms with van der Waals surface area (Å²) in [6.45, 7) is 0. The van der Waals surface area contributed by atoms with E-state index in [0.717, 1.165) is 0 Å². The molecule has 0 aliphatic rings. The predicted octanol–water partition coefficient (Wildman–Crippen LogP) is 6.50. The van der Waals surface area contributed by atoms with E-state index >= 15 is 0 Å². The molecule has 0 saturated heterocycles. The van der Waals surface area contributed by atoms with Crippen molar-refractivity contribution >= 4 is 77.8 Å². The number of carbonyl (C=O) groups is 1. The summed E-state index contributed by atoms with van der Waals surface area (Å²) in [5, 5.41) is 3.16. The normalized spacial score (nSPS) is 11.6. The van der Waals surface area contributed by atoms with Crippen molar-refractivity contribution in [3.8, 4) is 0 Å². The van der Waals surface area contributed by atoms with Gasteiger partial charge in [-0.2, -0.15) is 0 Å². The molecule has 1 amide bonds. The van der Waals surface area contributed by atoms with E-state index in [1.54, 1.807) is 18.2 Å². The zero-order chi connectivity index (χ0) is 27.5. The van der Waals surface area contributed by atoms with Gasteiger partial charge in [0.2, 0.25) is 0 Å². The van der Waals surface area contributed by atoms with Crippen molar-refractivity contribution < 1.29 is 21.6 Å². The van der Waals surface area contributed by atoms with Crippen LogP contribution in [0.1, 0.15) is 10.4 Å². The molecule has 38 heavy (non-hydrogen) atoms. The van der Waals surface area contributed by atoms with Crippen LogP contribution in [-0.2, 0) is 20.0 Å². The number of halogens is 3. The van der Waals surface area contributed by atoms with Gasteiger partial charge in [0.1, 0.15) is 0 Å². The molecule has 0 aliphatic heterocycles. The fourth-order valence-electron chi connectivity index (χ4n) is 3.24. The van der Waals surface area contributed by atoms with Crippen LogP contribution in [0.2, 0.25) is 15.1 Å². The summed E-state index contributed by atoms with van der Waals surface area (Å²) in [5.41, 5.74) is 0.756. The molecule has 0 spiro atoms. The highest BCUT2D eigenvalue weighted by Gasteiger charge is 2.18. The molecule has 4 rings (SSSR count). The maximum atomic E-state index is 12.7. The molecule has 0 saturated carbocycles. The maximum Gasteiger partial charge on any atom is 0.261 e. The van der Waals surface area contributed by atoms with Gasteiger partial charge in [-0.25, -0.2) is 16.8 Å². The van der Waals surface area contributed by atoms with Crippen molar-refractivity contribution in [1.82, 2.24) is 0 Å². The van der Waals surface area contributed by atoms with Crippen LogP contribution in [0.15, 0.2) is 101 Å². The minimum Gasteiger partial charge on any atom is -0.322 e. The number of carbonyl (C=O) groups excluding carboxylic acids is 1. The molecule has 4 aromatic carbocycles. The van der Waals surface area contributed by atoms with Gasteiger partial charge in [-0.15, -0.1) is 0 Å². The van der Waals surface area contributed by atoms with Crippen LogP contribution in [0.25, 0.3) is 0 Å². The van der Waals surface area contributed by atoms with Crippen molar-refractivity contribution in [3.63, 3.8) is 0 Å². The number of hydrogen-bond acceptors (Lipinski definition) is 5. The Hall–Kier alpha value is -3.28. The first-order chi connectivity index (χ1) is 17.9. The van der Waals surface area contributed by atoms with E-state index in [0.29, 0.717) is 10.7 Å². The average Bonchev–Trinajstić information content (AvgIpc) is 2.87. The van der Waals surface area contributed by atoms with Gasteiger partial charge >= 0.3 is 0 Å². The topological polar surface area (TPSA) is 121 Å². The SMILES string of the molecule is O=C(Nc1ccc(S(=O)(=O)Nc2ccc(Cl)cc2Cl)cc1)c1ccc(NS(=O)(=O)c2ccccc2)c(Cl)c1. The zero-order valence-corrected chi connectivity index (χ0v) is 23.1. The number of amides is 1. The van der Waals surface area contributed by atoms with Crippen molar-refractivity contribution in [3.05, 3.63) is 112 Å². The fraction of sp³-hybridized carbons (Fsp3) is 0. The van der Waals surface area contributed by atoms with Crippen LogP contribution in [0, 0.1) is 0 Å². The zero-order valence-electron chi connectivity index (χ0n) is 19.2.